The van der Waals surface area contributed by atoms with Gasteiger partial charge in [-0.05, 0) is 29.3 Å². The fraction of sp³-hybridized carbons (Fsp3) is 0.308. The van der Waals surface area contributed by atoms with E-state index in [1.807, 2.05) is 24.4 Å². The summed E-state index contributed by atoms with van der Waals surface area (Å²) >= 11 is 3.18. The molecule has 0 fully saturated rings. The molecule has 0 saturated carbocycles. The maximum Gasteiger partial charge on any atom is 0.156 e. The van der Waals surface area contributed by atoms with Gasteiger partial charge in [0.15, 0.2) is 4.34 Å². The highest BCUT2D eigenvalue weighted by atomic mass is 32.2. The lowest BCUT2D eigenvalue weighted by molar-refractivity contribution is 0.602. The minimum atomic E-state index is 0.123. The molecule has 2 aromatic heterocycles. The van der Waals surface area contributed by atoms with Crippen LogP contribution in [-0.4, -0.2) is 9.97 Å². The molecule has 2 aromatic rings. The first-order valence-corrected chi connectivity index (χ1v) is 7.13. The van der Waals surface area contributed by atoms with Gasteiger partial charge in [0.2, 0.25) is 0 Å². The SMILES string of the molecule is CC(C)(C)c1cnc(Sc2cccc(C#N)n2)s1. The summed E-state index contributed by atoms with van der Waals surface area (Å²) in [6.45, 7) is 6.51. The predicted octanol–water partition coefficient (Wildman–Crippen LogP) is 3.86. The Balaban J connectivity index is 2.19. The topological polar surface area (TPSA) is 49.6 Å². The summed E-state index contributed by atoms with van der Waals surface area (Å²) in [4.78, 5) is 9.87. The molecular weight excluding hydrogens is 262 g/mol. The highest BCUT2D eigenvalue weighted by Crippen LogP contribution is 2.35. The maximum absolute atomic E-state index is 8.80. The molecule has 0 unspecified atom stereocenters. The van der Waals surface area contributed by atoms with Gasteiger partial charge in [0, 0.05) is 11.1 Å². The molecule has 92 valence electrons. The van der Waals surface area contributed by atoms with Crippen molar-refractivity contribution in [3.63, 3.8) is 0 Å². The van der Waals surface area contributed by atoms with Crippen LogP contribution in [0.2, 0.25) is 0 Å². The molecule has 0 bridgehead atoms. The summed E-state index contributed by atoms with van der Waals surface area (Å²) in [7, 11) is 0. The van der Waals surface area contributed by atoms with E-state index >= 15 is 0 Å². The van der Waals surface area contributed by atoms with Crippen molar-refractivity contribution in [2.24, 2.45) is 0 Å². The van der Waals surface area contributed by atoms with Crippen molar-refractivity contribution < 1.29 is 0 Å². The molecule has 18 heavy (non-hydrogen) atoms. The van der Waals surface area contributed by atoms with Crippen LogP contribution in [0.15, 0.2) is 33.8 Å². The average molecular weight is 275 g/mol. The van der Waals surface area contributed by atoms with Gasteiger partial charge in [0.25, 0.3) is 0 Å². The summed E-state index contributed by atoms with van der Waals surface area (Å²) in [6, 6.07) is 7.47. The fourth-order valence-corrected chi connectivity index (χ4v) is 3.25. The summed E-state index contributed by atoms with van der Waals surface area (Å²) < 4.78 is 0.961. The van der Waals surface area contributed by atoms with Gasteiger partial charge in [0.05, 0.1) is 0 Å². The normalized spacial score (nSPS) is 11.2. The molecule has 0 spiro atoms. The van der Waals surface area contributed by atoms with Crippen molar-refractivity contribution in [2.45, 2.75) is 35.6 Å². The minimum Gasteiger partial charge on any atom is -0.237 e. The van der Waals surface area contributed by atoms with E-state index in [-0.39, 0.29) is 5.41 Å². The molecule has 2 rings (SSSR count). The van der Waals surface area contributed by atoms with Crippen LogP contribution in [0.3, 0.4) is 0 Å². The van der Waals surface area contributed by atoms with Crippen LogP contribution in [-0.2, 0) is 5.41 Å². The number of nitrogens with zero attached hydrogens (tertiary/aromatic N) is 3. The lowest BCUT2D eigenvalue weighted by Gasteiger charge is -2.14. The van der Waals surface area contributed by atoms with E-state index in [1.165, 1.54) is 16.6 Å². The molecule has 0 aliphatic rings. The highest BCUT2D eigenvalue weighted by Gasteiger charge is 2.17. The third-order valence-corrected chi connectivity index (χ3v) is 4.69. The Hall–Kier alpha value is -1.38. The van der Waals surface area contributed by atoms with Gasteiger partial charge in [-0.15, -0.1) is 11.3 Å². The second-order valence-electron chi connectivity index (χ2n) is 4.82. The van der Waals surface area contributed by atoms with Crippen LogP contribution in [0.4, 0.5) is 0 Å². The number of rotatable bonds is 2. The Morgan fingerprint density at radius 1 is 1.33 bits per heavy atom. The quantitative estimate of drug-likeness (QED) is 0.835. The van der Waals surface area contributed by atoms with E-state index in [1.54, 1.807) is 17.4 Å². The zero-order chi connectivity index (χ0) is 13.2. The molecule has 0 N–H and O–H groups in total. The summed E-state index contributed by atoms with van der Waals surface area (Å²) in [5, 5.41) is 9.61. The zero-order valence-corrected chi connectivity index (χ0v) is 12.1. The third kappa shape index (κ3) is 3.09. The first-order chi connectivity index (χ1) is 8.49. The minimum absolute atomic E-state index is 0.123. The van der Waals surface area contributed by atoms with Crippen LogP contribution < -0.4 is 0 Å². The fourth-order valence-electron chi connectivity index (χ4n) is 1.28. The number of pyridine rings is 1. The van der Waals surface area contributed by atoms with Gasteiger partial charge < -0.3 is 0 Å². The third-order valence-electron chi connectivity index (χ3n) is 2.25. The van der Waals surface area contributed by atoms with Gasteiger partial charge in [-0.1, -0.05) is 26.8 Å². The molecule has 0 aromatic carbocycles. The second kappa shape index (κ2) is 5.09. The first-order valence-electron chi connectivity index (χ1n) is 5.50. The Morgan fingerprint density at radius 3 is 2.72 bits per heavy atom. The lowest BCUT2D eigenvalue weighted by Crippen LogP contribution is -2.07. The standard InChI is InChI=1S/C13H13N3S2/c1-13(2,3)10-8-15-12(17-10)18-11-6-4-5-9(7-14)16-11/h4-6,8H,1-3H3. The lowest BCUT2D eigenvalue weighted by atomic mass is 9.96. The molecule has 5 heteroatoms. The molecule has 0 saturated heterocycles. The largest absolute Gasteiger partial charge is 0.237 e. The maximum atomic E-state index is 8.80. The van der Waals surface area contributed by atoms with Crippen LogP contribution >= 0.6 is 23.1 Å². The van der Waals surface area contributed by atoms with E-state index in [2.05, 4.69) is 30.7 Å². The molecule has 0 aliphatic heterocycles. The van der Waals surface area contributed by atoms with Gasteiger partial charge >= 0.3 is 0 Å². The van der Waals surface area contributed by atoms with Crippen molar-refractivity contribution in [2.75, 3.05) is 0 Å². The average Bonchev–Trinajstić information content (AvgIpc) is 2.77. The molecule has 3 nitrogen and oxygen atoms in total. The van der Waals surface area contributed by atoms with Crippen molar-refractivity contribution in [1.29, 1.82) is 5.26 Å². The summed E-state index contributed by atoms with van der Waals surface area (Å²) in [6.07, 6.45) is 1.92. The van der Waals surface area contributed by atoms with Crippen molar-refractivity contribution >= 4 is 23.1 Å². The number of thiazole rings is 1. The molecule has 0 atom stereocenters. The Bertz CT molecular complexity index is 591. The van der Waals surface area contributed by atoms with Crippen molar-refractivity contribution in [3.05, 3.63) is 35.0 Å². The van der Waals surface area contributed by atoms with Gasteiger partial charge in [-0.2, -0.15) is 5.26 Å². The Kier molecular flexibility index (Phi) is 3.69. The molecule has 0 radical (unpaired) electrons. The van der Waals surface area contributed by atoms with E-state index < -0.39 is 0 Å². The van der Waals surface area contributed by atoms with Crippen LogP contribution in [0, 0.1) is 11.3 Å². The number of hydrogen-bond acceptors (Lipinski definition) is 5. The zero-order valence-electron chi connectivity index (χ0n) is 10.5. The van der Waals surface area contributed by atoms with Crippen LogP contribution in [0.5, 0.6) is 0 Å². The van der Waals surface area contributed by atoms with Crippen molar-refractivity contribution in [1.82, 2.24) is 9.97 Å². The number of hydrogen-bond donors (Lipinski definition) is 0. The van der Waals surface area contributed by atoms with Crippen molar-refractivity contribution in [3.8, 4) is 6.07 Å². The van der Waals surface area contributed by atoms with Crippen LogP contribution in [0.25, 0.3) is 0 Å². The number of nitriles is 1. The Morgan fingerprint density at radius 2 is 2.11 bits per heavy atom. The van der Waals surface area contributed by atoms with Gasteiger partial charge in [0.1, 0.15) is 16.8 Å². The smallest absolute Gasteiger partial charge is 0.156 e. The molecule has 2 heterocycles. The monoisotopic (exact) mass is 275 g/mol. The van der Waals surface area contributed by atoms with Crippen LogP contribution in [0.1, 0.15) is 31.3 Å². The number of aromatic nitrogens is 2. The van der Waals surface area contributed by atoms with E-state index in [9.17, 15) is 0 Å². The molecule has 0 aliphatic carbocycles. The van der Waals surface area contributed by atoms with E-state index in [4.69, 9.17) is 5.26 Å². The highest BCUT2D eigenvalue weighted by molar-refractivity contribution is 8.01. The van der Waals surface area contributed by atoms with E-state index in [0.717, 1.165) is 9.37 Å². The van der Waals surface area contributed by atoms with E-state index in [0.29, 0.717) is 5.69 Å². The second-order valence-corrected chi connectivity index (χ2v) is 7.11. The summed E-state index contributed by atoms with van der Waals surface area (Å²) in [5.74, 6) is 0. The Labute approximate surface area is 115 Å². The predicted molar refractivity (Wildman–Crippen MR) is 73.9 cm³/mol. The van der Waals surface area contributed by atoms with Gasteiger partial charge in [-0.3, -0.25) is 0 Å². The molecular formula is C13H13N3S2. The summed E-state index contributed by atoms with van der Waals surface area (Å²) in [5.41, 5.74) is 0.561. The molecule has 0 amide bonds. The van der Waals surface area contributed by atoms with Gasteiger partial charge in [-0.25, -0.2) is 9.97 Å². The first kappa shape index (κ1) is 13.1.